The lowest BCUT2D eigenvalue weighted by Gasteiger charge is -2.22. The van der Waals surface area contributed by atoms with E-state index in [1.807, 2.05) is 12.1 Å². The molecule has 2 N–H and O–H groups in total. The van der Waals surface area contributed by atoms with Crippen LogP contribution in [0.1, 0.15) is 31.2 Å². The first-order valence-electron chi connectivity index (χ1n) is 10.5. The van der Waals surface area contributed by atoms with Gasteiger partial charge in [0.1, 0.15) is 0 Å². The molecule has 2 heterocycles. The van der Waals surface area contributed by atoms with Gasteiger partial charge in [0.2, 0.25) is 21.8 Å². The van der Waals surface area contributed by atoms with E-state index in [2.05, 4.69) is 15.6 Å². The predicted octanol–water partition coefficient (Wildman–Crippen LogP) is 1.70. The van der Waals surface area contributed by atoms with Crippen LogP contribution in [0.15, 0.2) is 59.8 Å². The summed E-state index contributed by atoms with van der Waals surface area (Å²) in [6, 6.07) is 11.9. The van der Waals surface area contributed by atoms with Crippen LogP contribution in [-0.2, 0) is 26.2 Å². The fraction of sp³-hybridized carbons (Fsp3) is 0.409. The van der Waals surface area contributed by atoms with Crippen LogP contribution in [0.5, 0.6) is 0 Å². The van der Waals surface area contributed by atoms with Crippen LogP contribution in [0, 0.1) is 5.92 Å². The first kappa shape index (κ1) is 22.9. The van der Waals surface area contributed by atoms with Gasteiger partial charge in [-0.3, -0.25) is 14.6 Å². The number of carbonyl (C=O) groups is 2. The topological polar surface area (TPSA) is 108 Å². The van der Waals surface area contributed by atoms with Crippen molar-refractivity contribution >= 4 is 21.8 Å². The second-order valence-electron chi connectivity index (χ2n) is 7.52. The summed E-state index contributed by atoms with van der Waals surface area (Å²) >= 11 is 0. The zero-order chi connectivity index (χ0) is 22.1. The molecule has 1 aliphatic heterocycles. The zero-order valence-electron chi connectivity index (χ0n) is 17.4. The van der Waals surface area contributed by atoms with Crippen LogP contribution >= 0.6 is 0 Å². The number of hydrogen-bond acceptors (Lipinski definition) is 5. The molecule has 1 aliphatic rings. The molecule has 1 aromatic carbocycles. The van der Waals surface area contributed by atoms with Crippen LogP contribution in [-0.4, -0.2) is 49.2 Å². The van der Waals surface area contributed by atoms with Gasteiger partial charge in [-0.2, -0.15) is 4.31 Å². The van der Waals surface area contributed by atoms with Crippen LogP contribution in [0.2, 0.25) is 0 Å². The van der Waals surface area contributed by atoms with E-state index in [-0.39, 0.29) is 42.1 Å². The van der Waals surface area contributed by atoms with Crippen molar-refractivity contribution in [2.24, 2.45) is 5.92 Å². The molecule has 0 aliphatic carbocycles. The van der Waals surface area contributed by atoms with Gasteiger partial charge in [0.05, 0.1) is 4.90 Å². The van der Waals surface area contributed by atoms with Gasteiger partial charge in [0, 0.05) is 50.9 Å². The van der Waals surface area contributed by atoms with Crippen molar-refractivity contribution in [2.45, 2.75) is 37.1 Å². The van der Waals surface area contributed by atoms with Crippen LogP contribution in [0.4, 0.5) is 0 Å². The summed E-state index contributed by atoms with van der Waals surface area (Å²) in [5.41, 5.74) is 0.952. The molecule has 1 atom stereocenters. The molecule has 1 fully saturated rings. The van der Waals surface area contributed by atoms with Crippen molar-refractivity contribution < 1.29 is 18.0 Å². The summed E-state index contributed by atoms with van der Waals surface area (Å²) in [4.78, 5) is 29.1. The van der Waals surface area contributed by atoms with Gasteiger partial charge in [-0.1, -0.05) is 18.2 Å². The second-order valence-corrected chi connectivity index (χ2v) is 9.46. The van der Waals surface area contributed by atoms with E-state index in [1.165, 1.54) is 4.31 Å². The molecule has 0 bridgehead atoms. The van der Waals surface area contributed by atoms with E-state index < -0.39 is 10.0 Å². The minimum Gasteiger partial charge on any atom is -0.356 e. The van der Waals surface area contributed by atoms with Crippen molar-refractivity contribution in [1.82, 2.24) is 19.9 Å². The number of pyridine rings is 1. The maximum Gasteiger partial charge on any atom is 0.243 e. The number of hydrogen-bond donors (Lipinski definition) is 2. The van der Waals surface area contributed by atoms with E-state index in [9.17, 15) is 18.0 Å². The predicted molar refractivity (Wildman–Crippen MR) is 116 cm³/mol. The van der Waals surface area contributed by atoms with Gasteiger partial charge in [-0.05, 0) is 49.1 Å². The molecule has 0 saturated carbocycles. The summed E-state index contributed by atoms with van der Waals surface area (Å²) in [6.45, 7) is 1.16. The molecule has 2 aromatic rings. The van der Waals surface area contributed by atoms with Crippen LogP contribution in [0.3, 0.4) is 0 Å². The Morgan fingerprint density at radius 2 is 1.84 bits per heavy atom. The summed E-state index contributed by atoms with van der Waals surface area (Å²) in [5, 5.41) is 5.74. The SMILES string of the molecule is O=C1CCN(S(=O)(=O)c2ccccc2)CCCC(C(=O)NCc2ccncc2)CCN1. The fourth-order valence-electron chi connectivity index (χ4n) is 3.55. The first-order chi connectivity index (χ1) is 15.0. The van der Waals surface area contributed by atoms with Gasteiger partial charge < -0.3 is 10.6 Å². The Morgan fingerprint density at radius 1 is 1.10 bits per heavy atom. The van der Waals surface area contributed by atoms with E-state index in [4.69, 9.17) is 0 Å². The zero-order valence-corrected chi connectivity index (χ0v) is 18.2. The number of aromatic nitrogens is 1. The van der Waals surface area contributed by atoms with Gasteiger partial charge >= 0.3 is 0 Å². The third-order valence-corrected chi connectivity index (χ3v) is 7.24. The lowest BCUT2D eigenvalue weighted by Crippen LogP contribution is -2.35. The highest BCUT2D eigenvalue weighted by atomic mass is 32.2. The lowest BCUT2D eigenvalue weighted by molar-refractivity contribution is -0.126. The maximum absolute atomic E-state index is 13.0. The Hall–Kier alpha value is -2.78. The molecular weight excluding hydrogens is 416 g/mol. The van der Waals surface area contributed by atoms with E-state index in [0.717, 1.165) is 5.56 Å². The fourth-order valence-corrected chi connectivity index (χ4v) is 5.05. The van der Waals surface area contributed by atoms with E-state index in [0.29, 0.717) is 32.4 Å². The Labute approximate surface area is 183 Å². The Kier molecular flexibility index (Phi) is 8.13. The van der Waals surface area contributed by atoms with Crippen molar-refractivity contribution in [2.75, 3.05) is 19.6 Å². The summed E-state index contributed by atoms with van der Waals surface area (Å²) in [6.07, 6.45) is 5.02. The number of benzene rings is 1. The Balaban J connectivity index is 1.66. The minimum absolute atomic E-state index is 0.0883. The van der Waals surface area contributed by atoms with E-state index in [1.54, 1.807) is 42.7 Å². The number of amides is 2. The number of nitrogens with zero attached hydrogens (tertiary/aromatic N) is 2. The molecule has 0 radical (unpaired) electrons. The molecule has 0 spiro atoms. The normalized spacial score (nSPS) is 19.1. The molecule has 9 heteroatoms. The number of nitrogens with one attached hydrogen (secondary N) is 2. The molecule has 166 valence electrons. The quantitative estimate of drug-likeness (QED) is 0.730. The standard InChI is InChI=1S/C22H28N4O4S/c27-21-11-16-26(31(29,30)20-6-2-1-3-7-20)15-4-5-19(10-14-24-21)22(28)25-17-18-8-12-23-13-9-18/h1-3,6-9,12-13,19H,4-5,10-11,14-17H2,(H,24,27)(H,25,28). The highest BCUT2D eigenvalue weighted by molar-refractivity contribution is 7.89. The van der Waals surface area contributed by atoms with Gasteiger partial charge in [-0.15, -0.1) is 0 Å². The van der Waals surface area contributed by atoms with Gasteiger partial charge in [-0.25, -0.2) is 8.42 Å². The van der Waals surface area contributed by atoms with Gasteiger partial charge in [0.25, 0.3) is 0 Å². The molecule has 8 nitrogen and oxygen atoms in total. The summed E-state index contributed by atoms with van der Waals surface area (Å²) in [5.74, 6) is -0.615. The monoisotopic (exact) mass is 444 g/mol. The summed E-state index contributed by atoms with van der Waals surface area (Å²) in [7, 11) is -3.70. The molecule has 3 rings (SSSR count). The lowest BCUT2D eigenvalue weighted by atomic mass is 9.98. The summed E-state index contributed by atoms with van der Waals surface area (Å²) < 4.78 is 27.4. The smallest absolute Gasteiger partial charge is 0.243 e. The molecule has 31 heavy (non-hydrogen) atoms. The molecule has 1 unspecified atom stereocenters. The average molecular weight is 445 g/mol. The van der Waals surface area contributed by atoms with Crippen molar-refractivity contribution in [1.29, 1.82) is 0 Å². The molecule has 1 aromatic heterocycles. The molecular formula is C22H28N4O4S. The minimum atomic E-state index is -3.70. The maximum atomic E-state index is 13.0. The van der Waals surface area contributed by atoms with Crippen LogP contribution in [0.25, 0.3) is 0 Å². The average Bonchev–Trinajstić information content (AvgIpc) is 2.83. The van der Waals surface area contributed by atoms with Crippen molar-refractivity contribution in [3.05, 3.63) is 60.4 Å². The third-order valence-electron chi connectivity index (χ3n) is 5.33. The molecule has 1 saturated heterocycles. The third kappa shape index (κ3) is 6.60. The van der Waals surface area contributed by atoms with Crippen molar-refractivity contribution in [3.63, 3.8) is 0 Å². The first-order valence-corrected chi connectivity index (χ1v) is 11.9. The highest BCUT2D eigenvalue weighted by Crippen LogP contribution is 2.19. The number of sulfonamides is 1. The van der Waals surface area contributed by atoms with Gasteiger partial charge in [0.15, 0.2) is 0 Å². The molecule has 2 amide bonds. The second kappa shape index (κ2) is 11.0. The van der Waals surface area contributed by atoms with E-state index >= 15 is 0 Å². The van der Waals surface area contributed by atoms with Crippen LogP contribution < -0.4 is 10.6 Å². The Morgan fingerprint density at radius 3 is 2.58 bits per heavy atom. The number of rotatable bonds is 5. The number of carbonyl (C=O) groups excluding carboxylic acids is 2. The largest absolute Gasteiger partial charge is 0.356 e. The van der Waals surface area contributed by atoms with Crippen molar-refractivity contribution in [3.8, 4) is 0 Å². The Bertz CT molecular complexity index is 968. The highest BCUT2D eigenvalue weighted by Gasteiger charge is 2.26.